The van der Waals surface area contributed by atoms with Crippen molar-refractivity contribution in [2.45, 2.75) is 39.4 Å². The molecule has 1 N–H and O–H groups in total. The largest absolute Gasteiger partial charge is 0.443 e. The lowest BCUT2D eigenvalue weighted by molar-refractivity contribution is -0.0143. The summed E-state index contributed by atoms with van der Waals surface area (Å²) in [5, 5.41) is 0. The van der Waals surface area contributed by atoms with Crippen molar-refractivity contribution in [1.82, 2.24) is 9.03 Å². The number of carbonyl (C=O) groups is 1. The number of nitrogens with one attached hydrogen (secondary N) is 1. The number of rotatable bonds is 4. The Balaban J connectivity index is 2.45. The molecule has 0 aromatic carbocycles. The molecule has 0 saturated carbocycles. The SMILES string of the molecule is CCOC1CN(S(=O)(=O)NC(=O)OC(C)(C)C)C1. The van der Waals surface area contributed by atoms with Crippen LogP contribution in [0.25, 0.3) is 0 Å². The number of ether oxygens (including phenoxy) is 2. The van der Waals surface area contributed by atoms with Gasteiger partial charge in [0.2, 0.25) is 0 Å². The monoisotopic (exact) mass is 280 g/mol. The van der Waals surface area contributed by atoms with Gasteiger partial charge in [0.25, 0.3) is 0 Å². The van der Waals surface area contributed by atoms with Gasteiger partial charge in [-0.1, -0.05) is 0 Å². The highest BCUT2D eigenvalue weighted by molar-refractivity contribution is 7.87. The van der Waals surface area contributed by atoms with E-state index in [9.17, 15) is 13.2 Å². The van der Waals surface area contributed by atoms with Crippen LogP contribution in [-0.4, -0.2) is 50.2 Å². The molecule has 0 bridgehead atoms. The van der Waals surface area contributed by atoms with Crippen LogP contribution >= 0.6 is 0 Å². The van der Waals surface area contributed by atoms with Crippen LogP contribution in [0.4, 0.5) is 4.79 Å². The lowest BCUT2D eigenvalue weighted by atomic mass is 10.2. The Morgan fingerprint density at radius 3 is 2.39 bits per heavy atom. The van der Waals surface area contributed by atoms with Gasteiger partial charge in [0.1, 0.15) is 5.60 Å². The van der Waals surface area contributed by atoms with Gasteiger partial charge < -0.3 is 9.47 Å². The molecule has 0 aliphatic carbocycles. The predicted octanol–water partition coefficient (Wildman–Crippen LogP) is 0.477. The minimum atomic E-state index is -3.82. The van der Waals surface area contributed by atoms with E-state index in [1.165, 1.54) is 0 Å². The van der Waals surface area contributed by atoms with Crippen LogP contribution in [0.2, 0.25) is 0 Å². The number of hydrogen-bond acceptors (Lipinski definition) is 5. The van der Waals surface area contributed by atoms with Gasteiger partial charge in [-0.25, -0.2) is 9.52 Å². The van der Waals surface area contributed by atoms with E-state index in [1.807, 2.05) is 11.6 Å². The zero-order chi connectivity index (χ0) is 14.0. The van der Waals surface area contributed by atoms with Crippen LogP contribution in [0.15, 0.2) is 0 Å². The molecule has 1 aliphatic heterocycles. The maximum atomic E-state index is 11.7. The molecular formula is C10H20N2O5S. The van der Waals surface area contributed by atoms with Gasteiger partial charge in [-0.2, -0.15) is 12.7 Å². The van der Waals surface area contributed by atoms with Crippen molar-refractivity contribution >= 4 is 16.3 Å². The average molecular weight is 280 g/mol. The van der Waals surface area contributed by atoms with Crippen LogP contribution in [0.3, 0.4) is 0 Å². The number of amides is 1. The molecule has 106 valence electrons. The Hall–Kier alpha value is -0.860. The highest BCUT2D eigenvalue weighted by atomic mass is 32.2. The maximum absolute atomic E-state index is 11.7. The van der Waals surface area contributed by atoms with Crippen molar-refractivity contribution in [3.63, 3.8) is 0 Å². The molecule has 1 fully saturated rings. The normalized spacial score (nSPS) is 18.2. The number of carbonyl (C=O) groups excluding carboxylic acids is 1. The van der Waals surface area contributed by atoms with Crippen LogP contribution in [0, 0.1) is 0 Å². The third-order valence-corrected chi connectivity index (χ3v) is 3.57. The summed E-state index contributed by atoms with van der Waals surface area (Å²) < 4.78 is 36.5. The fraction of sp³-hybridized carbons (Fsp3) is 0.900. The van der Waals surface area contributed by atoms with E-state index in [4.69, 9.17) is 9.47 Å². The van der Waals surface area contributed by atoms with Gasteiger partial charge >= 0.3 is 16.3 Å². The van der Waals surface area contributed by atoms with Crippen molar-refractivity contribution in [1.29, 1.82) is 0 Å². The smallest absolute Gasteiger partial charge is 0.422 e. The number of hydrogen-bond donors (Lipinski definition) is 1. The first kappa shape index (κ1) is 15.2. The highest BCUT2D eigenvalue weighted by Crippen LogP contribution is 2.15. The summed E-state index contributed by atoms with van der Waals surface area (Å²) >= 11 is 0. The fourth-order valence-corrected chi connectivity index (χ4v) is 2.51. The minimum Gasteiger partial charge on any atom is -0.443 e. The molecule has 1 rings (SSSR count). The summed E-state index contributed by atoms with van der Waals surface area (Å²) in [5.41, 5.74) is -0.734. The van der Waals surface area contributed by atoms with Gasteiger partial charge in [-0.15, -0.1) is 0 Å². The molecule has 0 aromatic heterocycles. The molecular weight excluding hydrogens is 260 g/mol. The summed E-state index contributed by atoms with van der Waals surface area (Å²) in [6.45, 7) is 7.88. The first-order chi connectivity index (χ1) is 8.14. The van der Waals surface area contributed by atoms with Crippen molar-refractivity contribution in [2.24, 2.45) is 0 Å². The molecule has 1 amide bonds. The van der Waals surface area contributed by atoms with E-state index in [0.29, 0.717) is 6.61 Å². The fourth-order valence-electron chi connectivity index (χ4n) is 1.41. The van der Waals surface area contributed by atoms with Crippen molar-refractivity contribution < 1.29 is 22.7 Å². The van der Waals surface area contributed by atoms with Crippen LogP contribution in [0.5, 0.6) is 0 Å². The van der Waals surface area contributed by atoms with E-state index in [1.54, 1.807) is 20.8 Å². The van der Waals surface area contributed by atoms with Crippen molar-refractivity contribution in [2.75, 3.05) is 19.7 Å². The van der Waals surface area contributed by atoms with Gasteiger partial charge in [-0.05, 0) is 27.7 Å². The lowest BCUT2D eigenvalue weighted by Crippen LogP contribution is -2.58. The van der Waals surface area contributed by atoms with Gasteiger partial charge in [0.05, 0.1) is 6.10 Å². The van der Waals surface area contributed by atoms with Crippen molar-refractivity contribution in [3.05, 3.63) is 0 Å². The molecule has 18 heavy (non-hydrogen) atoms. The summed E-state index contributed by atoms with van der Waals surface area (Å²) in [4.78, 5) is 11.4. The lowest BCUT2D eigenvalue weighted by Gasteiger charge is -2.37. The van der Waals surface area contributed by atoms with Gasteiger partial charge in [0, 0.05) is 19.7 Å². The molecule has 0 spiro atoms. The molecule has 0 aromatic rings. The molecule has 7 nitrogen and oxygen atoms in total. The van der Waals surface area contributed by atoms with E-state index >= 15 is 0 Å². The molecule has 1 aliphatic rings. The van der Waals surface area contributed by atoms with E-state index in [0.717, 1.165) is 4.31 Å². The Kier molecular flexibility index (Phi) is 4.57. The Labute approximate surface area is 108 Å². The van der Waals surface area contributed by atoms with E-state index in [-0.39, 0.29) is 19.2 Å². The Morgan fingerprint density at radius 2 is 1.94 bits per heavy atom. The Morgan fingerprint density at radius 1 is 1.39 bits per heavy atom. The molecule has 1 saturated heterocycles. The minimum absolute atomic E-state index is 0.0924. The van der Waals surface area contributed by atoms with Gasteiger partial charge in [0.15, 0.2) is 0 Å². The summed E-state index contributed by atoms with van der Waals surface area (Å²) in [6, 6.07) is 0. The first-order valence-electron chi connectivity index (χ1n) is 5.76. The van der Waals surface area contributed by atoms with Crippen molar-refractivity contribution in [3.8, 4) is 0 Å². The molecule has 1 heterocycles. The maximum Gasteiger partial charge on any atom is 0.422 e. The van der Waals surface area contributed by atoms with Gasteiger partial charge in [-0.3, -0.25) is 0 Å². The van der Waals surface area contributed by atoms with Crippen LogP contribution < -0.4 is 4.72 Å². The number of nitrogens with zero attached hydrogens (tertiary/aromatic N) is 1. The second-order valence-electron chi connectivity index (χ2n) is 5.00. The third-order valence-electron chi connectivity index (χ3n) is 2.17. The summed E-state index contributed by atoms with van der Waals surface area (Å²) in [6.07, 6.45) is -1.06. The second kappa shape index (κ2) is 5.41. The molecule has 0 unspecified atom stereocenters. The quantitative estimate of drug-likeness (QED) is 0.809. The second-order valence-corrected chi connectivity index (χ2v) is 6.67. The van der Waals surface area contributed by atoms with E-state index < -0.39 is 21.9 Å². The average Bonchev–Trinajstić information content (AvgIpc) is 2.05. The zero-order valence-electron chi connectivity index (χ0n) is 11.1. The first-order valence-corrected chi connectivity index (χ1v) is 7.20. The summed E-state index contributed by atoms with van der Waals surface area (Å²) in [7, 11) is -3.82. The molecule has 0 atom stereocenters. The van der Waals surface area contributed by atoms with Crippen LogP contribution in [-0.2, 0) is 19.7 Å². The standard InChI is InChI=1S/C10H20N2O5S/c1-5-16-8-6-12(7-8)18(14,15)11-9(13)17-10(2,3)4/h8H,5-7H2,1-4H3,(H,11,13). The van der Waals surface area contributed by atoms with E-state index in [2.05, 4.69) is 0 Å². The zero-order valence-corrected chi connectivity index (χ0v) is 11.9. The predicted molar refractivity (Wildman–Crippen MR) is 65.3 cm³/mol. The van der Waals surface area contributed by atoms with Crippen LogP contribution in [0.1, 0.15) is 27.7 Å². The summed E-state index contributed by atoms with van der Waals surface area (Å²) in [5.74, 6) is 0. The molecule has 8 heteroatoms. The topological polar surface area (TPSA) is 84.9 Å². The third kappa shape index (κ3) is 4.43. The Bertz CT molecular complexity index is 395. The highest BCUT2D eigenvalue weighted by Gasteiger charge is 2.37. The molecule has 0 radical (unpaired) electrons.